The summed E-state index contributed by atoms with van der Waals surface area (Å²) >= 11 is 0. The summed E-state index contributed by atoms with van der Waals surface area (Å²) in [5.41, 5.74) is 5.32. The Morgan fingerprint density at radius 2 is 1.83 bits per heavy atom. The van der Waals surface area contributed by atoms with Gasteiger partial charge in [0.2, 0.25) is 5.91 Å². The van der Waals surface area contributed by atoms with Crippen molar-refractivity contribution in [3.8, 4) is 0 Å². The van der Waals surface area contributed by atoms with Crippen LogP contribution in [-0.2, 0) is 14.4 Å². The SMILES string of the molecule is C[C@H](CCCN)C(=O)N[C@H](CCC(=O)O)C(=O)O. The topological polar surface area (TPSA) is 130 Å². The molecule has 18 heavy (non-hydrogen) atoms. The molecule has 2 atom stereocenters. The number of aliphatic carboxylic acids is 2. The molecular weight excluding hydrogens is 240 g/mol. The molecule has 0 fully saturated rings. The van der Waals surface area contributed by atoms with Gasteiger partial charge in [-0.3, -0.25) is 9.59 Å². The first-order valence-electron chi connectivity index (χ1n) is 5.83. The standard InChI is InChI=1S/C11H20N2O5/c1-7(3-2-6-12)10(16)13-8(11(17)18)4-5-9(14)15/h7-8H,2-6,12H2,1H3,(H,13,16)(H,14,15)(H,17,18)/t7-,8-/m1/s1. The Labute approximate surface area is 105 Å². The molecule has 0 aromatic heterocycles. The fraction of sp³-hybridized carbons (Fsp3) is 0.727. The Hall–Kier alpha value is -1.63. The Bertz CT molecular complexity index is 306. The average Bonchev–Trinajstić information content (AvgIpc) is 2.30. The molecule has 5 N–H and O–H groups in total. The van der Waals surface area contributed by atoms with E-state index in [1.807, 2.05) is 0 Å². The van der Waals surface area contributed by atoms with Gasteiger partial charge >= 0.3 is 11.9 Å². The van der Waals surface area contributed by atoms with E-state index in [1.165, 1.54) is 0 Å². The van der Waals surface area contributed by atoms with Gasteiger partial charge in [-0.25, -0.2) is 4.79 Å². The quantitative estimate of drug-likeness (QED) is 0.454. The Kier molecular flexibility index (Phi) is 7.69. The van der Waals surface area contributed by atoms with E-state index in [4.69, 9.17) is 15.9 Å². The molecule has 0 saturated heterocycles. The van der Waals surface area contributed by atoms with Crippen molar-refractivity contribution in [3.05, 3.63) is 0 Å². The molecular formula is C11H20N2O5. The number of nitrogens with one attached hydrogen (secondary N) is 1. The van der Waals surface area contributed by atoms with Crippen molar-refractivity contribution in [2.24, 2.45) is 11.7 Å². The maximum absolute atomic E-state index is 11.6. The number of hydrogen-bond donors (Lipinski definition) is 4. The van der Waals surface area contributed by atoms with E-state index in [9.17, 15) is 14.4 Å². The second-order valence-electron chi connectivity index (χ2n) is 4.16. The summed E-state index contributed by atoms with van der Waals surface area (Å²) in [4.78, 5) is 32.9. The van der Waals surface area contributed by atoms with Crippen LogP contribution in [0.4, 0.5) is 0 Å². The molecule has 0 saturated carbocycles. The van der Waals surface area contributed by atoms with E-state index in [0.717, 1.165) is 0 Å². The zero-order chi connectivity index (χ0) is 14.1. The number of carbonyl (C=O) groups excluding carboxylic acids is 1. The number of carboxylic acids is 2. The van der Waals surface area contributed by atoms with E-state index in [0.29, 0.717) is 19.4 Å². The number of carbonyl (C=O) groups is 3. The van der Waals surface area contributed by atoms with Crippen molar-refractivity contribution in [1.82, 2.24) is 5.32 Å². The largest absolute Gasteiger partial charge is 0.481 e. The minimum atomic E-state index is -1.23. The van der Waals surface area contributed by atoms with E-state index in [-0.39, 0.29) is 24.7 Å². The van der Waals surface area contributed by atoms with Gasteiger partial charge < -0.3 is 21.3 Å². The van der Waals surface area contributed by atoms with Crippen LogP contribution < -0.4 is 11.1 Å². The molecule has 7 nitrogen and oxygen atoms in total. The number of carboxylic acid groups (broad SMARTS) is 2. The smallest absolute Gasteiger partial charge is 0.326 e. The second kappa shape index (κ2) is 8.46. The lowest BCUT2D eigenvalue weighted by atomic mass is 10.0. The van der Waals surface area contributed by atoms with Crippen molar-refractivity contribution in [1.29, 1.82) is 0 Å². The van der Waals surface area contributed by atoms with Crippen LogP contribution in [-0.4, -0.2) is 40.6 Å². The minimum absolute atomic E-state index is 0.125. The molecule has 0 rings (SSSR count). The van der Waals surface area contributed by atoms with Crippen molar-refractivity contribution in [2.75, 3.05) is 6.54 Å². The highest BCUT2D eigenvalue weighted by atomic mass is 16.4. The van der Waals surface area contributed by atoms with Gasteiger partial charge in [-0.1, -0.05) is 6.92 Å². The molecule has 0 aliphatic heterocycles. The lowest BCUT2D eigenvalue weighted by Gasteiger charge is -2.17. The third-order valence-corrected chi connectivity index (χ3v) is 2.55. The van der Waals surface area contributed by atoms with E-state index in [1.54, 1.807) is 6.92 Å². The van der Waals surface area contributed by atoms with Crippen LogP contribution in [0.5, 0.6) is 0 Å². The van der Waals surface area contributed by atoms with E-state index >= 15 is 0 Å². The Morgan fingerprint density at radius 3 is 2.28 bits per heavy atom. The molecule has 0 heterocycles. The molecule has 0 aromatic carbocycles. The van der Waals surface area contributed by atoms with Crippen LogP contribution >= 0.6 is 0 Å². The Morgan fingerprint density at radius 1 is 1.22 bits per heavy atom. The first-order chi connectivity index (χ1) is 8.38. The summed E-state index contributed by atoms with van der Waals surface area (Å²) in [6.45, 7) is 2.15. The molecule has 0 radical (unpaired) electrons. The molecule has 0 bridgehead atoms. The molecule has 0 aromatic rings. The third kappa shape index (κ3) is 6.85. The van der Waals surface area contributed by atoms with Crippen molar-refractivity contribution >= 4 is 17.8 Å². The van der Waals surface area contributed by atoms with Gasteiger partial charge in [-0.2, -0.15) is 0 Å². The molecule has 0 aliphatic carbocycles. The van der Waals surface area contributed by atoms with Gasteiger partial charge in [0.1, 0.15) is 6.04 Å². The number of nitrogens with two attached hydrogens (primary N) is 1. The van der Waals surface area contributed by atoms with E-state index in [2.05, 4.69) is 5.32 Å². The van der Waals surface area contributed by atoms with Crippen LogP contribution in [0.1, 0.15) is 32.6 Å². The van der Waals surface area contributed by atoms with Crippen LogP contribution in [0.3, 0.4) is 0 Å². The molecule has 0 aliphatic rings. The summed E-state index contributed by atoms with van der Waals surface area (Å²) in [5.74, 6) is -3.04. The monoisotopic (exact) mass is 260 g/mol. The number of amides is 1. The van der Waals surface area contributed by atoms with Crippen LogP contribution in [0, 0.1) is 5.92 Å². The average molecular weight is 260 g/mol. The molecule has 0 unspecified atom stereocenters. The fourth-order valence-electron chi connectivity index (χ4n) is 1.39. The zero-order valence-corrected chi connectivity index (χ0v) is 10.4. The van der Waals surface area contributed by atoms with Gasteiger partial charge in [-0.15, -0.1) is 0 Å². The number of rotatable bonds is 9. The predicted octanol–water partition coefficient (Wildman–Crippen LogP) is -0.204. The second-order valence-corrected chi connectivity index (χ2v) is 4.16. The summed E-state index contributed by atoms with van der Waals surface area (Å²) in [7, 11) is 0. The summed E-state index contributed by atoms with van der Waals surface area (Å²) in [6.07, 6.45) is 0.837. The molecule has 104 valence electrons. The fourth-order valence-corrected chi connectivity index (χ4v) is 1.39. The highest BCUT2D eigenvalue weighted by molar-refractivity contribution is 5.85. The van der Waals surface area contributed by atoms with Crippen molar-refractivity contribution in [2.45, 2.75) is 38.6 Å². The van der Waals surface area contributed by atoms with Gasteiger partial charge in [0.05, 0.1) is 0 Å². The summed E-state index contributed by atoms with van der Waals surface area (Å²) < 4.78 is 0. The normalized spacial score (nSPS) is 13.7. The number of hydrogen-bond acceptors (Lipinski definition) is 4. The van der Waals surface area contributed by atoms with Crippen LogP contribution in [0.25, 0.3) is 0 Å². The van der Waals surface area contributed by atoms with Gasteiger partial charge in [-0.05, 0) is 25.8 Å². The van der Waals surface area contributed by atoms with Gasteiger partial charge in [0.15, 0.2) is 0 Å². The maximum atomic E-state index is 11.6. The predicted molar refractivity (Wildman–Crippen MR) is 63.9 cm³/mol. The minimum Gasteiger partial charge on any atom is -0.481 e. The van der Waals surface area contributed by atoms with E-state index < -0.39 is 18.0 Å². The summed E-state index contributed by atoms with van der Waals surface area (Å²) in [6, 6.07) is -1.16. The zero-order valence-electron chi connectivity index (χ0n) is 10.4. The molecule has 1 amide bonds. The lowest BCUT2D eigenvalue weighted by Crippen LogP contribution is -2.43. The highest BCUT2D eigenvalue weighted by Gasteiger charge is 2.23. The van der Waals surface area contributed by atoms with Crippen LogP contribution in [0.15, 0.2) is 0 Å². The highest BCUT2D eigenvalue weighted by Crippen LogP contribution is 2.06. The van der Waals surface area contributed by atoms with Crippen molar-refractivity contribution < 1.29 is 24.6 Å². The first kappa shape index (κ1) is 16.4. The third-order valence-electron chi connectivity index (χ3n) is 2.55. The maximum Gasteiger partial charge on any atom is 0.326 e. The molecule has 7 heteroatoms. The van der Waals surface area contributed by atoms with Gasteiger partial charge in [0.25, 0.3) is 0 Å². The molecule has 0 spiro atoms. The Balaban J connectivity index is 4.26. The van der Waals surface area contributed by atoms with Crippen molar-refractivity contribution in [3.63, 3.8) is 0 Å². The van der Waals surface area contributed by atoms with Crippen LogP contribution in [0.2, 0.25) is 0 Å². The summed E-state index contributed by atoms with van der Waals surface area (Å²) in [5, 5.41) is 19.7. The first-order valence-corrected chi connectivity index (χ1v) is 5.83. The van der Waals surface area contributed by atoms with Gasteiger partial charge in [0, 0.05) is 12.3 Å². The lowest BCUT2D eigenvalue weighted by molar-refractivity contribution is -0.143.